The standard InChI is InChI=1S/C29H30N4O2S2/c1-4-13-30-24(34)16-32-25(35)18-37-28(22-12-14-36-17-22)26-27(21-8-6-5-7-9-21)31-33(29(26)32)23-11-10-19(2)15-20(23)3/h5-12,14-15,17,28H,4,13,16,18H2,1-3H3,(H,30,34). The Hall–Kier alpha value is -3.36. The molecule has 0 fully saturated rings. The van der Waals surface area contributed by atoms with Gasteiger partial charge in [0.1, 0.15) is 12.4 Å². The van der Waals surface area contributed by atoms with Crippen molar-refractivity contribution in [2.75, 3.05) is 23.7 Å². The van der Waals surface area contributed by atoms with Gasteiger partial charge >= 0.3 is 0 Å². The fourth-order valence-electron chi connectivity index (χ4n) is 4.69. The molecule has 0 bridgehead atoms. The number of nitrogens with zero attached hydrogens (tertiary/aromatic N) is 3. The number of rotatable bonds is 7. The van der Waals surface area contributed by atoms with Crippen molar-refractivity contribution in [3.8, 4) is 16.9 Å². The molecule has 2 amide bonds. The molecular weight excluding hydrogens is 500 g/mol. The van der Waals surface area contributed by atoms with Crippen LogP contribution in [-0.4, -0.2) is 40.4 Å². The van der Waals surface area contributed by atoms with E-state index in [-0.39, 0.29) is 29.4 Å². The van der Waals surface area contributed by atoms with E-state index in [1.54, 1.807) is 28.0 Å². The Labute approximate surface area is 225 Å². The molecule has 5 rings (SSSR count). The first-order valence-corrected chi connectivity index (χ1v) is 14.4. The number of amides is 2. The lowest BCUT2D eigenvalue weighted by atomic mass is 10.0. The molecule has 2 aromatic heterocycles. The van der Waals surface area contributed by atoms with Gasteiger partial charge in [-0.2, -0.15) is 16.4 Å². The SMILES string of the molecule is CCCNC(=O)CN1C(=O)CSC(c2ccsc2)c2c(-c3ccccc3)nn(-c3ccc(C)cc3C)c21. The molecule has 1 aliphatic heterocycles. The second kappa shape index (κ2) is 10.9. The predicted octanol–water partition coefficient (Wildman–Crippen LogP) is 5.91. The molecule has 1 unspecified atom stereocenters. The summed E-state index contributed by atoms with van der Waals surface area (Å²) in [5.41, 5.74) is 7.01. The normalized spacial score (nSPS) is 15.4. The Morgan fingerprint density at radius 3 is 2.65 bits per heavy atom. The van der Waals surface area contributed by atoms with Crippen molar-refractivity contribution in [3.63, 3.8) is 0 Å². The molecular formula is C29H30N4O2S2. The summed E-state index contributed by atoms with van der Waals surface area (Å²) < 4.78 is 1.88. The molecule has 8 heteroatoms. The second-order valence-corrected chi connectivity index (χ2v) is 11.1. The first-order valence-electron chi connectivity index (χ1n) is 12.4. The Balaban J connectivity index is 1.79. The van der Waals surface area contributed by atoms with Crippen molar-refractivity contribution in [2.24, 2.45) is 0 Å². The third-order valence-electron chi connectivity index (χ3n) is 6.44. The van der Waals surface area contributed by atoms with Crippen molar-refractivity contribution in [1.82, 2.24) is 15.1 Å². The Morgan fingerprint density at radius 2 is 1.95 bits per heavy atom. The van der Waals surface area contributed by atoms with E-state index in [4.69, 9.17) is 5.10 Å². The fourth-order valence-corrected chi connectivity index (χ4v) is 6.65. The Morgan fingerprint density at radius 1 is 1.14 bits per heavy atom. The summed E-state index contributed by atoms with van der Waals surface area (Å²) in [5, 5.41) is 12.2. The fraction of sp³-hybridized carbons (Fsp3) is 0.276. The molecule has 0 spiro atoms. The average molecular weight is 531 g/mol. The summed E-state index contributed by atoms with van der Waals surface area (Å²) in [5.74, 6) is 0.678. The smallest absolute Gasteiger partial charge is 0.240 e. The zero-order chi connectivity index (χ0) is 25.9. The molecule has 1 atom stereocenters. The minimum Gasteiger partial charge on any atom is -0.355 e. The minimum atomic E-state index is -0.172. The lowest BCUT2D eigenvalue weighted by Gasteiger charge is -2.23. The molecule has 190 valence electrons. The van der Waals surface area contributed by atoms with Gasteiger partial charge in [-0.25, -0.2) is 4.68 Å². The monoisotopic (exact) mass is 530 g/mol. The van der Waals surface area contributed by atoms with Crippen LogP contribution in [0.25, 0.3) is 16.9 Å². The number of thioether (sulfide) groups is 1. The van der Waals surface area contributed by atoms with Crippen molar-refractivity contribution in [1.29, 1.82) is 0 Å². The third kappa shape index (κ3) is 5.08. The number of aryl methyl sites for hydroxylation is 2. The molecule has 3 heterocycles. The van der Waals surface area contributed by atoms with Gasteiger partial charge in [-0.1, -0.05) is 55.0 Å². The van der Waals surface area contributed by atoms with Gasteiger partial charge in [-0.3, -0.25) is 14.5 Å². The second-order valence-electron chi connectivity index (χ2n) is 9.23. The van der Waals surface area contributed by atoms with E-state index in [0.717, 1.165) is 45.6 Å². The van der Waals surface area contributed by atoms with E-state index in [0.29, 0.717) is 12.4 Å². The maximum Gasteiger partial charge on any atom is 0.240 e. The maximum absolute atomic E-state index is 13.7. The Kier molecular flexibility index (Phi) is 7.48. The number of hydrogen-bond donors (Lipinski definition) is 1. The highest BCUT2D eigenvalue weighted by atomic mass is 32.2. The van der Waals surface area contributed by atoms with Gasteiger partial charge in [0.25, 0.3) is 0 Å². The molecule has 1 N–H and O–H groups in total. The molecule has 0 radical (unpaired) electrons. The first kappa shape index (κ1) is 25.3. The lowest BCUT2D eigenvalue weighted by Crippen LogP contribution is -2.42. The van der Waals surface area contributed by atoms with E-state index in [1.807, 2.05) is 35.9 Å². The van der Waals surface area contributed by atoms with Crippen LogP contribution in [0.5, 0.6) is 0 Å². The van der Waals surface area contributed by atoms with Crippen LogP contribution in [0, 0.1) is 13.8 Å². The van der Waals surface area contributed by atoms with Crippen LogP contribution < -0.4 is 10.2 Å². The van der Waals surface area contributed by atoms with Gasteiger partial charge < -0.3 is 5.32 Å². The van der Waals surface area contributed by atoms with E-state index in [2.05, 4.69) is 60.3 Å². The number of hydrogen-bond acceptors (Lipinski definition) is 5. The quantitative estimate of drug-likeness (QED) is 0.322. The van der Waals surface area contributed by atoms with Crippen LogP contribution in [-0.2, 0) is 9.59 Å². The van der Waals surface area contributed by atoms with Gasteiger partial charge in [0.05, 0.1) is 22.4 Å². The molecule has 0 aliphatic carbocycles. The van der Waals surface area contributed by atoms with Crippen molar-refractivity contribution in [2.45, 2.75) is 32.4 Å². The van der Waals surface area contributed by atoms with Crippen LogP contribution in [0.2, 0.25) is 0 Å². The first-order chi connectivity index (χ1) is 18.0. The Bertz CT molecular complexity index is 1410. The van der Waals surface area contributed by atoms with E-state index >= 15 is 0 Å². The van der Waals surface area contributed by atoms with Gasteiger partial charge in [0.2, 0.25) is 11.8 Å². The summed E-state index contributed by atoms with van der Waals surface area (Å²) >= 11 is 3.24. The largest absolute Gasteiger partial charge is 0.355 e. The van der Waals surface area contributed by atoms with Crippen molar-refractivity contribution >= 4 is 40.7 Å². The van der Waals surface area contributed by atoms with Crippen molar-refractivity contribution < 1.29 is 9.59 Å². The number of carbonyl (C=O) groups excluding carboxylic acids is 2. The number of carbonyl (C=O) groups is 2. The van der Waals surface area contributed by atoms with Crippen LogP contribution in [0.15, 0.2) is 65.4 Å². The molecule has 6 nitrogen and oxygen atoms in total. The summed E-state index contributed by atoms with van der Waals surface area (Å²) in [7, 11) is 0. The lowest BCUT2D eigenvalue weighted by molar-refractivity contribution is -0.122. The van der Waals surface area contributed by atoms with Crippen LogP contribution in [0.4, 0.5) is 5.82 Å². The summed E-state index contributed by atoms with van der Waals surface area (Å²) in [6, 6.07) is 18.4. The molecule has 1 aliphatic rings. The molecule has 4 aromatic rings. The van der Waals surface area contributed by atoms with Gasteiger partial charge in [-0.15, -0.1) is 11.8 Å². The summed E-state index contributed by atoms with van der Waals surface area (Å²) in [4.78, 5) is 28.2. The summed E-state index contributed by atoms with van der Waals surface area (Å²) in [6.45, 7) is 6.66. The number of thiophene rings is 1. The van der Waals surface area contributed by atoms with E-state index < -0.39 is 0 Å². The van der Waals surface area contributed by atoms with Gasteiger partial charge in [0.15, 0.2) is 0 Å². The van der Waals surface area contributed by atoms with Crippen LogP contribution >= 0.6 is 23.1 Å². The number of aromatic nitrogens is 2. The highest BCUT2D eigenvalue weighted by molar-refractivity contribution is 8.00. The molecule has 2 aromatic carbocycles. The predicted molar refractivity (Wildman–Crippen MR) is 153 cm³/mol. The molecule has 0 saturated heterocycles. The number of fused-ring (bicyclic) bond motifs is 1. The van der Waals surface area contributed by atoms with Gasteiger partial charge in [-0.05, 0) is 54.3 Å². The van der Waals surface area contributed by atoms with E-state index in [9.17, 15) is 9.59 Å². The highest BCUT2D eigenvalue weighted by Crippen LogP contribution is 2.49. The highest BCUT2D eigenvalue weighted by Gasteiger charge is 2.38. The number of nitrogens with one attached hydrogen (secondary N) is 1. The van der Waals surface area contributed by atoms with Crippen LogP contribution in [0.1, 0.15) is 40.8 Å². The third-order valence-corrected chi connectivity index (χ3v) is 8.39. The van der Waals surface area contributed by atoms with Crippen molar-refractivity contribution in [3.05, 3.63) is 87.6 Å². The molecule has 37 heavy (non-hydrogen) atoms. The topological polar surface area (TPSA) is 67.2 Å². The van der Waals surface area contributed by atoms with E-state index in [1.165, 1.54) is 0 Å². The van der Waals surface area contributed by atoms with Gasteiger partial charge in [0, 0.05) is 17.7 Å². The minimum absolute atomic E-state index is 0.0480. The summed E-state index contributed by atoms with van der Waals surface area (Å²) in [6.07, 6.45) is 0.833. The zero-order valence-corrected chi connectivity index (χ0v) is 22.9. The number of anilines is 1. The average Bonchev–Trinajstić information content (AvgIpc) is 3.53. The van der Waals surface area contributed by atoms with Crippen LogP contribution in [0.3, 0.4) is 0 Å². The number of benzene rings is 2. The zero-order valence-electron chi connectivity index (χ0n) is 21.2. The maximum atomic E-state index is 13.7. The molecule has 0 saturated carbocycles.